The van der Waals surface area contributed by atoms with E-state index in [1.54, 1.807) is 12.1 Å². The van der Waals surface area contributed by atoms with Crippen LogP contribution in [0.2, 0.25) is 0 Å². The molecule has 1 saturated heterocycles. The van der Waals surface area contributed by atoms with Crippen molar-refractivity contribution in [2.75, 3.05) is 19.6 Å². The number of amides is 1. The van der Waals surface area contributed by atoms with Gasteiger partial charge in [-0.3, -0.25) is 4.79 Å². The lowest BCUT2D eigenvalue weighted by atomic mass is 10.1. The second-order valence-electron chi connectivity index (χ2n) is 5.82. The van der Waals surface area contributed by atoms with E-state index in [0.717, 1.165) is 25.8 Å². The number of hydrogen-bond acceptors (Lipinski definition) is 3. The van der Waals surface area contributed by atoms with E-state index >= 15 is 0 Å². The molecule has 128 valence electrons. The Bertz CT molecular complexity index is 636. The van der Waals surface area contributed by atoms with Crippen molar-refractivity contribution < 1.29 is 13.2 Å². The lowest BCUT2D eigenvalue weighted by Crippen LogP contribution is -2.35. The molecule has 0 aliphatic carbocycles. The summed E-state index contributed by atoms with van der Waals surface area (Å²) in [6.45, 7) is 7.39. The summed E-state index contributed by atoms with van der Waals surface area (Å²) in [7, 11) is -3.47. The molecule has 1 aromatic rings. The summed E-state index contributed by atoms with van der Waals surface area (Å²) in [6.07, 6.45) is 3.05. The first-order chi connectivity index (χ1) is 11.0. The minimum absolute atomic E-state index is 0.00105. The fourth-order valence-electron chi connectivity index (χ4n) is 3.18. The lowest BCUT2D eigenvalue weighted by molar-refractivity contribution is 0.0733. The number of hydrogen-bond donors (Lipinski definition) is 0. The summed E-state index contributed by atoms with van der Waals surface area (Å²) in [6, 6.07) is 6.64. The molecule has 0 radical (unpaired) electrons. The molecule has 2 rings (SSSR count). The van der Waals surface area contributed by atoms with Crippen LogP contribution < -0.4 is 0 Å². The Morgan fingerprint density at radius 2 is 1.78 bits per heavy atom. The van der Waals surface area contributed by atoms with Crippen molar-refractivity contribution in [3.05, 3.63) is 29.8 Å². The predicted molar refractivity (Wildman–Crippen MR) is 90.9 cm³/mol. The van der Waals surface area contributed by atoms with E-state index < -0.39 is 10.0 Å². The molecule has 5 nitrogen and oxygen atoms in total. The summed E-state index contributed by atoms with van der Waals surface area (Å²) in [5, 5.41) is 0. The number of carbonyl (C=O) groups excluding carboxylic acids is 1. The topological polar surface area (TPSA) is 57.7 Å². The number of rotatable bonds is 6. The average molecular weight is 338 g/mol. The van der Waals surface area contributed by atoms with Crippen LogP contribution >= 0.6 is 0 Å². The van der Waals surface area contributed by atoms with Gasteiger partial charge in [-0.25, -0.2) is 8.42 Å². The van der Waals surface area contributed by atoms with Crippen LogP contribution in [-0.4, -0.2) is 49.2 Å². The molecule has 0 bridgehead atoms. The molecule has 1 unspecified atom stereocenters. The fraction of sp³-hybridized carbons (Fsp3) is 0.588. The molecule has 1 aromatic carbocycles. The SMILES string of the molecule is CCC1CCCN1C(=O)c1ccc(S(=O)(=O)N(CC)CC)cc1. The summed E-state index contributed by atoms with van der Waals surface area (Å²) in [5.74, 6) is 0.00105. The third-order valence-corrected chi connectivity index (χ3v) is 6.62. The Kier molecular flexibility index (Phi) is 5.81. The quantitative estimate of drug-likeness (QED) is 0.801. The van der Waals surface area contributed by atoms with Gasteiger partial charge in [-0.1, -0.05) is 20.8 Å². The van der Waals surface area contributed by atoms with Gasteiger partial charge in [-0.2, -0.15) is 4.31 Å². The molecule has 1 fully saturated rings. The lowest BCUT2D eigenvalue weighted by Gasteiger charge is -2.24. The van der Waals surface area contributed by atoms with Crippen LogP contribution in [0, 0.1) is 0 Å². The Labute approximate surface area is 139 Å². The maximum atomic E-state index is 12.6. The zero-order chi connectivity index (χ0) is 17.0. The molecule has 1 heterocycles. The molecule has 1 aliphatic heterocycles. The fourth-order valence-corrected chi connectivity index (χ4v) is 4.63. The third-order valence-electron chi connectivity index (χ3n) is 4.55. The second kappa shape index (κ2) is 7.45. The molecular formula is C17H26N2O3S. The van der Waals surface area contributed by atoms with Crippen molar-refractivity contribution in [3.63, 3.8) is 0 Å². The molecule has 0 spiro atoms. The molecule has 1 aliphatic rings. The average Bonchev–Trinajstić information content (AvgIpc) is 3.03. The standard InChI is InChI=1S/C17H26N2O3S/c1-4-15-8-7-13-19(15)17(20)14-9-11-16(12-10-14)23(21,22)18(5-2)6-3/h9-12,15H,4-8,13H2,1-3H3. The van der Waals surface area contributed by atoms with Crippen LogP contribution in [-0.2, 0) is 10.0 Å². The maximum Gasteiger partial charge on any atom is 0.254 e. The second-order valence-corrected chi connectivity index (χ2v) is 7.75. The Morgan fingerprint density at radius 3 is 2.30 bits per heavy atom. The van der Waals surface area contributed by atoms with Gasteiger partial charge in [0.25, 0.3) is 5.91 Å². The zero-order valence-corrected chi connectivity index (χ0v) is 15.0. The van der Waals surface area contributed by atoms with E-state index in [0.29, 0.717) is 24.7 Å². The highest BCUT2D eigenvalue weighted by molar-refractivity contribution is 7.89. The van der Waals surface area contributed by atoms with Gasteiger partial charge in [-0.15, -0.1) is 0 Å². The van der Waals surface area contributed by atoms with Crippen LogP contribution in [0.5, 0.6) is 0 Å². The molecular weight excluding hydrogens is 312 g/mol. The van der Waals surface area contributed by atoms with Gasteiger partial charge in [-0.05, 0) is 43.5 Å². The first-order valence-electron chi connectivity index (χ1n) is 8.36. The molecule has 6 heteroatoms. The molecule has 0 N–H and O–H groups in total. The van der Waals surface area contributed by atoms with Crippen molar-refractivity contribution in [2.45, 2.75) is 51.0 Å². The highest BCUT2D eigenvalue weighted by Gasteiger charge is 2.28. The third kappa shape index (κ3) is 3.58. The van der Waals surface area contributed by atoms with Crippen LogP contribution in [0.4, 0.5) is 0 Å². The normalized spacial score (nSPS) is 18.6. The summed E-state index contributed by atoms with van der Waals surface area (Å²) < 4.78 is 26.3. The molecule has 1 amide bonds. The predicted octanol–water partition coefficient (Wildman–Crippen LogP) is 2.73. The van der Waals surface area contributed by atoms with E-state index in [-0.39, 0.29) is 10.8 Å². The van der Waals surface area contributed by atoms with Crippen molar-refractivity contribution >= 4 is 15.9 Å². The number of carbonyl (C=O) groups is 1. The summed E-state index contributed by atoms with van der Waals surface area (Å²) in [4.78, 5) is 14.7. The highest BCUT2D eigenvalue weighted by Crippen LogP contribution is 2.23. The van der Waals surface area contributed by atoms with Crippen LogP contribution in [0.1, 0.15) is 50.4 Å². The summed E-state index contributed by atoms with van der Waals surface area (Å²) >= 11 is 0. The van der Waals surface area contributed by atoms with Crippen molar-refractivity contribution in [3.8, 4) is 0 Å². The summed E-state index contributed by atoms with van der Waals surface area (Å²) in [5.41, 5.74) is 0.559. The largest absolute Gasteiger partial charge is 0.336 e. The van der Waals surface area contributed by atoms with Gasteiger partial charge in [0, 0.05) is 31.2 Å². The number of sulfonamides is 1. The molecule has 0 aromatic heterocycles. The van der Waals surface area contributed by atoms with Crippen molar-refractivity contribution in [2.24, 2.45) is 0 Å². The molecule has 0 saturated carbocycles. The van der Waals surface area contributed by atoms with Crippen LogP contribution in [0.25, 0.3) is 0 Å². The maximum absolute atomic E-state index is 12.6. The van der Waals surface area contributed by atoms with E-state index in [1.165, 1.54) is 16.4 Å². The van der Waals surface area contributed by atoms with E-state index in [4.69, 9.17) is 0 Å². The van der Waals surface area contributed by atoms with Gasteiger partial charge in [0.2, 0.25) is 10.0 Å². The van der Waals surface area contributed by atoms with E-state index in [9.17, 15) is 13.2 Å². The van der Waals surface area contributed by atoms with Gasteiger partial charge in [0.05, 0.1) is 4.90 Å². The number of benzene rings is 1. The monoisotopic (exact) mass is 338 g/mol. The Morgan fingerprint density at radius 1 is 1.17 bits per heavy atom. The highest BCUT2D eigenvalue weighted by atomic mass is 32.2. The van der Waals surface area contributed by atoms with E-state index in [2.05, 4.69) is 6.92 Å². The molecule has 23 heavy (non-hydrogen) atoms. The smallest absolute Gasteiger partial charge is 0.254 e. The van der Waals surface area contributed by atoms with Crippen molar-refractivity contribution in [1.82, 2.24) is 9.21 Å². The van der Waals surface area contributed by atoms with Crippen molar-refractivity contribution in [1.29, 1.82) is 0 Å². The van der Waals surface area contributed by atoms with Gasteiger partial charge >= 0.3 is 0 Å². The first-order valence-corrected chi connectivity index (χ1v) is 9.80. The number of likely N-dealkylation sites (tertiary alicyclic amines) is 1. The molecule has 1 atom stereocenters. The first kappa shape index (κ1) is 17.9. The number of nitrogens with zero attached hydrogens (tertiary/aromatic N) is 2. The van der Waals surface area contributed by atoms with Crippen LogP contribution in [0.15, 0.2) is 29.2 Å². The zero-order valence-electron chi connectivity index (χ0n) is 14.2. The van der Waals surface area contributed by atoms with Gasteiger partial charge < -0.3 is 4.90 Å². The van der Waals surface area contributed by atoms with Crippen LogP contribution in [0.3, 0.4) is 0 Å². The van der Waals surface area contributed by atoms with Gasteiger partial charge in [0.15, 0.2) is 0 Å². The Hall–Kier alpha value is -1.40. The minimum atomic E-state index is -3.47. The minimum Gasteiger partial charge on any atom is -0.336 e. The van der Waals surface area contributed by atoms with Gasteiger partial charge in [0.1, 0.15) is 0 Å². The van der Waals surface area contributed by atoms with E-state index in [1.807, 2.05) is 18.7 Å². The Balaban J connectivity index is 2.21.